The normalized spacial score (nSPS) is 18.2. The highest BCUT2D eigenvalue weighted by atomic mass is 35.5. The number of nitrogens with zero attached hydrogens (tertiary/aromatic N) is 1. The topological polar surface area (TPSA) is 59.0 Å². The maximum atomic E-state index is 12.3. The van der Waals surface area contributed by atoms with E-state index in [0.29, 0.717) is 42.6 Å². The van der Waals surface area contributed by atoms with Crippen LogP contribution in [-0.4, -0.2) is 48.3 Å². The first-order chi connectivity index (χ1) is 9.99. The number of halogens is 1. The summed E-state index contributed by atoms with van der Waals surface area (Å²) in [5, 5.41) is 9.89. The third-order valence-electron chi connectivity index (χ3n) is 3.41. The van der Waals surface area contributed by atoms with E-state index in [-0.39, 0.29) is 5.91 Å². The predicted molar refractivity (Wildman–Crippen MR) is 79.6 cm³/mol. The Hall–Kier alpha value is -1.30. The number of morpholine rings is 1. The number of hydrogen-bond acceptors (Lipinski definition) is 4. The number of aliphatic hydroxyl groups is 1. The number of amides is 1. The molecular weight excluding hydrogens is 294 g/mol. The molecule has 2 atom stereocenters. The van der Waals surface area contributed by atoms with Gasteiger partial charge in [-0.15, -0.1) is 0 Å². The minimum Gasteiger partial charge on any atom is -0.479 e. The lowest BCUT2D eigenvalue weighted by atomic mass is 10.1. The van der Waals surface area contributed by atoms with Crippen LogP contribution in [0.1, 0.15) is 25.5 Å². The number of benzene rings is 1. The standard InChI is InChI=1S/C15H20ClNO4/c1-10(18)12-3-4-14(13(16)9-12)21-11(2)15(19)17-5-7-20-8-6-17/h3-4,9-11,18H,5-8H2,1-2H3. The van der Waals surface area contributed by atoms with Gasteiger partial charge in [-0.3, -0.25) is 4.79 Å². The molecule has 1 amide bonds. The van der Waals surface area contributed by atoms with Crippen LogP contribution >= 0.6 is 11.6 Å². The number of carbonyl (C=O) groups is 1. The molecule has 1 heterocycles. The Kier molecular flexibility index (Phi) is 5.45. The molecular formula is C15H20ClNO4. The van der Waals surface area contributed by atoms with Crippen molar-refractivity contribution in [3.05, 3.63) is 28.8 Å². The van der Waals surface area contributed by atoms with Crippen molar-refractivity contribution in [2.45, 2.75) is 26.1 Å². The van der Waals surface area contributed by atoms with Gasteiger partial charge < -0.3 is 19.5 Å². The van der Waals surface area contributed by atoms with Gasteiger partial charge in [-0.25, -0.2) is 0 Å². The Morgan fingerprint density at radius 3 is 2.62 bits per heavy atom. The fourth-order valence-corrected chi connectivity index (χ4v) is 2.39. The van der Waals surface area contributed by atoms with E-state index in [4.69, 9.17) is 21.1 Å². The van der Waals surface area contributed by atoms with Gasteiger partial charge in [-0.2, -0.15) is 0 Å². The molecule has 1 aliphatic rings. The van der Waals surface area contributed by atoms with Crippen LogP contribution < -0.4 is 4.74 Å². The van der Waals surface area contributed by atoms with Crippen LogP contribution in [0.5, 0.6) is 5.75 Å². The lowest BCUT2D eigenvalue weighted by Gasteiger charge is -2.29. The quantitative estimate of drug-likeness (QED) is 0.924. The Balaban J connectivity index is 2.01. The summed E-state index contributed by atoms with van der Waals surface area (Å²) < 4.78 is 10.9. The number of carbonyl (C=O) groups excluding carboxylic acids is 1. The van der Waals surface area contributed by atoms with Crippen molar-refractivity contribution in [3.8, 4) is 5.75 Å². The van der Waals surface area contributed by atoms with Crippen molar-refractivity contribution in [3.63, 3.8) is 0 Å². The van der Waals surface area contributed by atoms with Gasteiger partial charge in [0.05, 0.1) is 24.3 Å². The second-order valence-electron chi connectivity index (χ2n) is 5.06. The molecule has 0 saturated carbocycles. The van der Waals surface area contributed by atoms with Crippen LogP contribution in [0.2, 0.25) is 5.02 Å². The lowest BCUT2D eigenvalue weighted by Crippen LogP contribution is -2.46. The van der Waals surface area contributed by atoms with Crippen LogP contribution in [-0.2, 0) is 9.53 Å². The van der Waals surface area contributed by atoms with E-state index >= 15 is 0 Å². The fraction of sp³-hybridized carbons (Fsp3) is 0.533. The molecule has 1 fully saturated rings. The zero-order valence-electron chi connectivity index (χ0n) is 12.2. The maximum absolute atomic E-state index is 12.3. The SMILES string of the molecule is CC(Oc1ccc(C(C)O)cc1Cl)C(=O)N1CCOCC1. The maximum Gasteiger partial charge on any atom is 0.263 e. The van der Waals surface area contributed by atoms with E-state index in [0.717, 1.165) is 0 Å². The van der Waals surface area contributed by atoms with Gasteiger partial charge in [0.1, 0.15) is 5.75 Å². The molecule has 5 nitrogen and oxygen atoms in total. The van der Waals surface area contributed by atoms with Crippen molar-refractivity contribution in [2.75, 3.05) is 26.3 Å². The first kappa shape index (κ1) is 16.1. The third-order valence-corrected chi connectivity index (χ3v) is 3.71. The minimum absolute atomic E-state index is 0.0750. The van der Waals surface area contributed by atoms with E-state index in [1.807, 2.05) is 0 Å². The van der Waals surface area contributed by atoms with Crippen LogP contribution in [0.15, 0.2) is 18.2 Å². The molecule has 116 valence electrons. The summed E-state index contributed by atoms with van der Waals surface area (Å²) >= 11 is 6.13. The number of hydrogen-bond donors (Lipinski definition) is 1. The van der Waals surface area contributed by atoms with Crippen LogP contribution in [0.25, 0.3) is 0 Å². The third kappa shape index (κ3) is 4.09. The Morgan fingerprint density at radius 2 is 2.05 bits per heavy atom. The molecule has 2 rings (SSSR count). The van der Waals surface area contributed by atoms with Gasteiger partial charge >= 0.3 is 0 Å². The zero-order chi connectivity index (χ0) is 15.4. The zero-order valence-corrected chi connectivity index (χ0v) is 13.0. The summed E-state index contributed by atoms with van der Waals surface area (Å²) in [7, 11) is 0. The van der Waals surface area contributed by atoms with Crippen LogP contribution in [0, 0.1) is 0 Å². The minimum atomic E-state index is -0.613. The Bertz CT molecular complexity index is 500. The van der Waals surface area contributed by atoms with Gasteiger partial charge in [-0.1, -0.05) is 17.7 Å². The van der Waals surface area contributed by atoms with Crippen molar-refractivity contribution in [2.24, 2.45) is 0 Å². The first-order valence-electron chi connectivity index (χ1n) is 6.99. The average Bonchev–Trinajstić information content (AvgIpc) is 2.49. The van der Waals surface area contributed by atoms with E-state index < -0.39 is 12.2 Å². The fourth-order valence-electron chi connectivity index (χ4n) is 2.15. The molecule has 0 aromatic heterocycles. The average molecular weight is 314 g/mol. The van der Waals surface area contributed by atoms with Crippen molar-refractivity contribution >= 4 is 17.5 Å². The van der Waals surface area contributed by atoms with E-state index in [1.54, 1.807) is 36.9 Å². The highest BCUT2D eigenvalue weighted by Crippen LogP contribution is 2.28. The lowest BCUT2D eigenvalue weighted by molar-refractivity contribution is -0.142. The van der Waals surface area contributed by atoms with Gasteiger partial charge in [0.2, 0.25) is 0 Å². The van der Waals surface area contributed by atoms with E-state index in [1.165, 1.54) is 0 Å². The molecule has 2 unspecified atom stereocenters. The summed E-state index contributed by atoms with van der Waals surface area (Å²) in [6.07, 6.45) is -1.21. The van der Waals surface area contributed by atoms with Gasteiger partial charge in [0, 0.05) is 13.1 Å². The van der Waals surface area contributed by atoms with E-state index in [9.17, 15) is 9.90 Å². The van der Waals surface area contributed by atoms with Gasteiger partial charge in [-0.05, 0) is 31.5 Å². The van der Waals surface area contributed by atoms with Crippen molar-refractivity contribution in [1.82, 2.24) is 4.90 Å². The first-order valence-corrected chi connectivity index (χ1v) is 7.37. The van der Waals surface area contributed by atoms with E-state index in [2.05, 4.69) is 0 Å². The van der Waals surface area contributed by atoms with Gasteiger partial charge in [0.25, 0.3) is 5.91 Å². The smallest absolute Gasteiger partial charge is 0.263 e. The monoisotopic (exact) mass is 313 g/mol. The molecule has 0 aliphatic carbocycles. The second-order valence-corrected chi connectivity index (χ2v) is 5.47. The Labute approximate surface area is 129 Å². The molecule has 1 aromatic carbocycles. The molecule has 1 N–H and O–H groups in total. The molecule has 21 heavy (non-hydrogen) atoms. The highest BCUT2D eigenvalue weighted by Gasteiger charge is 2.24. The second kappa shape index (κ2) is 7.11. The van der Waals surface area contributed by atoms with Crippen LogP contribution in [0.4, 0.5) is 0 Å². The molecule has 0 spiro atoms. The number of ether oxygens (including phenoxy) is 2. The molecule has 0 radical (unpaired) electrons. The highest BCUT2D eigenvalue weighted by molar-refractivity contribution is 6.32. The molecule has 0 bridgehead atoms. The van der Waals surface area contributed by atoms with Crippen molar-refractivity contribution in [1.29, 1.82) is 0 Å². The summed E-state index contributed by atoms with van der Waals surface area (Å²) in [6.45, 7) is 5.65. The summed E-state index contributed by atoms with van der Waals surface area (Å²) in [4.78, 5) is 14.0. The van der Waals surface area contributed by atoms with Crippen molar-refractivity contribution < 1.29 is 19.4 Å². The Morgan fingerprint density at radius 1 is 1.38 bits per heavy atom. The summed E-state index contributed by atoms with van der Waals surface area (Å²) in [6, 6.07) is 5.05. The molecule has 1 saturated heterocycles. The van der Waals surface area contributed by atoms with Crippen LogP contribution in [0.3, 0.4) is 0 Å². The summed E-state index contributed by atoms with van der Waals surface area (Å²) in [5.74, 6) is 0.365. The van der Waals surface area contributed by atoms with Gasteiger partial charge in [0.15, 0.2) is 6.10 Å². The number of aliphatic hydroxyl groups excluding tert-OH is 1. The molecule has 1 aliphatic heterocycles. The molecule has 6 heteroatoms. The summed E-state index contributed by atoms with van der Waals surface area (Å²) in [5.41, 5.74) is 0.708. The largest absolute Gasteiger partial charge is 0.479 e. The molecule has 1 aromatic rings. The number of rotatable bonds is 4. The predicted octanol–water partition coefficient (Wildman–Crippen LogP) is 2.02.